The van der Waals surface area contributed by atoms with Gasteiger partial charge in [-0.1, -0.05) is 13.0 Å². The molecular weight excluding hydrogens is 208 g/mol. The second-order valence-corrected chi connectivity index (χ2v) is 3.78. The third kappa shape index (κ3) is 4.09. The summed E-state index contributed by atoms with van der Waals surface area (Å²) in [7, 11) is 0. The van der Waals surface area contributed by atoms with E-state index >= 15 is 0 Å². The zero-order valence-electron chi connectivity index (χ0n) is 9.71. The molecule has 0 aliphatic rings. The van der Waals surface area contributed by atoms with Gasteiger partial charge in [0.15, 0.2) is 0 Å². The molecule has 0 fully saturated rings. The Morgan fingerprint density at radius 1 is 1.44 bits per heavy atom. The van der Waals surface area contributed by atoms with Crippen molar-refractivity contribution in [3.63, 3.8) is 0 Å². The van der Waals surface area contributed by atoms with Crippen molar-refractivity contribution in [2.45, 2.75) is 39.5 Å². The second kappa shape index (κ2) is 6.36. The number of halogens is 2. The van der Waals surface area contributed by atoms with Gasteiger partial charge in [-0.15, -0.1) is 0 Å². The van der Waals surface area contributed by atoms with Crippen molar-refractivity contribution in [1.29, 1.82) is 0 Å². The number of nitrogens with zero attached hydrogens (tertiary/aromatic N) is 1. The summed E-state index contributed by atoms with van der Waals surface area (Å²) in [5.41, 5.74) is 2.83. The van der Waals surface area contributed by atoms with Crippen molar-refractivity contribution in [2.75, 3.05) is 0 Å². The molecule has 0 amide bonds. The fourth-order valence-corrected chi connectivity index (χ4v) is 1.46. The smallest absolute Gasteiger partial charge is 0.239 e. The number of alkyl halides is 2. The van der Waals surface area contributed by atoms with Gasteiger partial charge in [0.2, 0.25) is 6.43 Å². The van der Waals surface area contributed by atoms with Crippen LogP contribution in [-0.4, -0.2) is 11.4 Å². The van der Waals surface area contributed by atoms with Crippen LogP contribution in [-0.2, 0) is 6.42 Å². The third-order valence-electron chi connectivity index (χ3n) is 2.40. The van der Waals surface area contributed by atoms with E-state index < -0.39 is 6.43 Å². The summed E-state index contributed by atoms with van der Waals surface area (Å²) in [5, 5.41) is 0. The largest absolute Gasteiger partial charge is 0.257 e. The highest BCUT2D eigenvalue weighted by atomic mass is 19.3. The minimum atomic E-state index is -2.24. The van der Waals surface area contributed by atoms with E-state index in [0.29, 0.717) is 6.42 Å². The lowest BCUT2D eigenvalue weighted by Crippen LogP contribution is -1.98. The first-order valence-electron chi connectivity index (χ1n) is 5.53. The first-order chi connectivity index (χ1) is 7.63. The fourth-order valence-electron chi connectivity index (χ4n) is 1.46. The first-order valence-corrected chi connectivity index (χ1v) is 5.53. The summed E-state index contributed by atoms with van der Waals surface area (Å²) >= 11 is 0. The lowest BCUT2D eigenvalue weighted by atomic mass is 10.1. The van der Waals surface area contributed by atoms with Crippen molar-refractivity contribution in [3.8, 4) is 0 Å². The summed E-state index contributed by atoms with van der Waals surface area (Å²) in [6.45, 7) is 3.99. The highest BCUT2D eigenvalue weighted by Gasteiger charge is 2.05. The lowest BCUT2D eigenvalue weighted by Gasteiger charge is -2.05. The number of pyridine rings is 1. The molecule has 0 radical (unpaired) electrons. The Morgan fingerprint density at radius 3 is 2.75 bits per heavy atom. The molecule has 0 saturated carbocycles. The minimum Gasteiger partial charge on any atom is -0.257 e. The average molecular weight is 225 g/mol. The maximum absolute atomic E-state index is 12.1. The molecular formula is C13H17F2N. The van der Waals surface area contributed by atoms with Crippen LogP contribution in [0, 0.1) is 6.92 Å². The van der Waals surface area contributed by atoms with Crippen molar-refractivity contribution >= 4 is 6.08 Å². The topological polar surface area (TPSA) is 12.9 Å². The fraction of sp³-hybridized carbons (Fsp3) is 0.462. The number of aromatic nitrogens is 1. The van der Waals surface area contributed by atoms with Crippen molar-refractivity contribution in [3.05, 3.63) is 35.2 Å². The van der Waals surface area contributed by atoms with Crippen LogP contribution in [0.15, 0.2) is 18.3 Å². The molecule has 88 valence electrons. The van der Waals surface area contributed by atoms with Crippen LogP contribution >= 0.6 is 0 Å². The summed E-state index contributed by atoms with van der Waals surface area (Å²) in [5.74, 6) is 0. The molecule has 0 saturated heterocycles. The van der Waals surface area contributed by atoms with Crippen molar-refractivity contribution in [2.24, 2.45) is 0 Å². The van der Waals surface area contributed by atoms with Crippen LogP contribution in [0.5, 0.6) is 0 Å². The molecule has 0 unspecified atom stereocenters. The van der Waals surface area contributed by atoms with Crippen LogP contribution in [0.25, 0.3) is 6.08 Å². The Labute approximate surface area is 95.2 Å². The Bertz CT molecular complexity index is 359. The van der Waals surface area contributed by atoms with E-state index in [-0.39, 0.29) is 6.42 Å². The van der Waals surface area contributed by atoms with E-state index in [1.807, 2.05) is 25.1 Å². The van der Waals surface area contributed by atoms with Crippen LogP contribution in [0.2, 0.25) is 0 Å². The quantitative estimate of drug-likeness (QED) is 0.737. The molecule has 0 aliphatic carbocycles. The van der Waals surface area contributed by atoms with E-state index in [4.69, 9.17) is 0 Å². The molecule has 0 bridgehead atoms. The summed E-state index contributed by atoms with van der Waals surface area (Å²) < 4.78 is 24.1. The summed E-state index contributed by atoms with van der Waals surface area (Å²) in [6.07, 6.45) is 4.71. The van der Waals surface area contributed by atoms with Crippen LogP contribution in [0.4, 0.5) is 8.78 Å². The Morgan fingerprint density at radius 2 is 2.19 bits per heavy atom. The van der Waals surface area contributed by atoms with Gasteiger partial charge in [-0.2, -0.15) is 0 Å². The van der Waals surface area contributed by atoms with E-state index in [9.17, 15) is 8.78 Å². The van der Waals surface area contributed by atoms with Crippen molar-refractivity contribution in [1.82, 2.24) is 4.98 Å². The van der Waals surface area contributed by atoms with E-state index in [1.165, 1.54) is 0 Å². The second-order valence-electron chi connectivity index (χ2n) is 3.78. The Kier molecular flexibility index (Phi) is 5.09. The molecule has 0 spiro atoms. The maximum Gasteiger partial charge on any atom is 0.239 e. The molecule has 1 aromatic heterocycles. The molecule has 1 aromatic rings. The van der Waals surface area contributed by atoms with Crippen LogP contribution in [0.3, 0.4) is 0 Å². The monoisotopic (exact) mass is 225 g/mol. The van der Waals surface area contributed by atoms with Gasteiger partial charge in [0.1, 0.15) is 0 Å². The van der Waals surface area contributed by atoms with Gasteiger partial charge >= 0.3 is 0 Å². The van der Waals surface area contributed by atoms with E-state index in [1.54, 1.807) is 6.20 Å². The van der Waals surface area contributed by atoms with Crippen molar-refractivity contribution < 1.29 is 8.78 Å². The molecule has 1 nitrogen and oxygen atoms in total. The number of hydrogen-bond donors (Lipinski definition) is 0. The number of hydrogen-bond acceptors (Lipinski definition) is 1. The maximum atomic E-state index is 12.1. The van der Waals surface area contributed by atoms with Crippen LogP contribution < -0.4 is 0 Å². The summed E-state index contributed by atoms with van der Waals surface area (Å²) in [4.78, 5) is 4.22. The number of aryl methyl sites for hydroxylation is 2. The zero-order valence-corrected chi connectivity index (χ0v) is 9.71. The molecule has 0 atom stereocenters. The summed E-state index contributed by atoms with van der Waals surface area (Å²) in [6, 6.07) is 1.94. The molecule has 1 heterocycles. The van der Waals surface area contributed by atoms with Crippen LogP contribution in [0.1, 0.15) is 36.6 Å². The van der Waals surface area contributed by atoms with Gasteiger partial charge < -0.3 is 0 Å². The zero-order chi connectivity index (χ0) is 12.0. The third-order valence-corrected chi connectivity index (χ3v) is 2.40. The lowest BCUT2D eigenvalue weighted by molar-refractivity contribution is 0.138. The molecule has 0 aromatic carbocycles. The highest BCUT2D eigenvalue weighted by molar-refractivity contribution is 5.46. The van der Waals surface area contributed by atoms with Gasteiger partial charge in [-0.05, 0) is 43.0 Å². The Balaban J connectivity index is 2.71. The van der Waals surface area contributed by atoms with E-state index in [2.05, 4.69) is 11.9 Å². The van der Waals surface area contributed by atoms with Gasteiger partial charge in [0, 0.05) is 12.6 Å². The predicted molar refractivity (Wildman–Crippen MR) is 62.6 cm³/mol. The standard InChI is InChI=1S/C13H17F2N/c1-3-4-5-12-8-10(2)11(9-16-12)6-7-13(14)15/h4-5,8-9,13H,3,6-7H2,1-2H3/b5-4-. The van der Waals surface area contributed by atoms with E-state index in [0.717, 1.165) is 23.2 Å². The molecule has 0 aliphatic heterocycles. The van der Waals surface area contributed by atoms with Gasteiger partial charge in [-0.25, -0.2) is 8.78 Å². The highest BCUT2D eigenvalue weighted by Crippen LogP contribution is 2.14. The van der Waals surface area contributed by atoms with Gasteiger partial charge in [0.05, 0.1) is 5.69 Å². The predicted octanol–water partition coefficient (Wildman–Crippen LogP) is 4.01. The molecule has 16 heavy (non-hydrogen) atoms. The molecule has 0 N–H and O–H groups in total. The average Bonchev–Trinajstić information content (AvgIpc) is 2.24. The minimum absolute atomic E-state index is 0.0906. The SMILES string of the molecule is CC/C=C\c1cc(C)c(CCC(F)F)cn1. The van der Waals surface area contributed by atoms with Gasteiger partial charge in [-0.3, -0.25) is 4.98 Å². The normalized spacial score (nSPS) is 11.6. The first kappa shape index (κ1) is 12.8. The van der Waals surface area contributed by atoms with Gasteiger partial charge in [0.25, 0.3) is 0 Å². The number of allylic oxidation sites excluding steroid dienone is 1. The molecule has 3 heteroatoms. The Hall–Kier alpha value is -1.25. The number of rotatable bonds is 5. The molecule has 1 rings (SSSR count).